The molecule has 0 unspecified atom stereocenters. The molecule has 1 amide bonds. The number of fused-ring (bicyclic) bond motifs is 1. The molecule has 1 aliphatic heterocycles. The number of anilines is 2. The number of benzene rings is 1. The second-order valence-corrected chi connectivity index (χ2v) is 8.95. The molecule has 0 radical (unpaired) electrons. The number of hydrogen-bond acceptors (Lipinski definition) is 7. The number of nitrogens with one attached hydrogen (secondary N) is 1. The molecule has 1 fully saturated rings. The van der Waals surface area contributed by atoms with E-state index >= 15 is 0 Å². The van der Waals surface area contributed by atoms with Crippen LogP contribution >= 0.6 is 11.3 Å². The van der Waals surface area contributed by atoms with Crippen LogP contribution in [-0.2, 0) is 10.9 Å². The third kappa shape index (κ3) is 4.46. The lowest BCUT2D eigenvalue weighted by molar-refractivity contribution is -0.137. The Hall–Kier alpha value is -3.51. The molecule has 1 aliphatic rings. The third-order valence-corrected chi connectivity index (χ3v) is 6.15. The summed E-state index contributed by atoms with van der Waals surface area (Å²) in [6, 6.07) is 6.54. The molecule has 5 rings (SSSR count). The van der Waals surface area contributed by atoms with Gasteiger partial charge in [-0.05, 0) is 25.1 Å². The molecule has 4 heterocycles. The van der Waals surface area contributed by atoms with Gasteiger partial charge in [0.15, 0.2) is 16.6 Å². The molecule has 0 bridgehead atoms. The summed E-state index contributed by atoms with van der Waals surface area (Å²) < 4.78 is 46.5. The van der Waals surface area contributed by atoms with Gasteiger partial charge >= 0.3 is 6.18 Å². The van der Waals surface area contributed by atoms with E-state index in [-0.39, 0.29) is 22.5 Å². The molecule has 1 aromatic carbocycles. The molecule has 4 aromatic rings. The van der Waals surface area contributed by atoms with E-state index in [0.717, 1.165) is 17.0 Å². The number of alkyl halides is 3. The number of aryl methyl sites for hydroxylation is 1. The Kier molecular flexibility index (Phi) is 5.70. The highest BCUT2D eigenvalue weighted by Crippen LogP contribution is 2.32. The van der Waals surface area contributed by atoms with Crippen molar-refractivity contribution in [2.24, 2.45) is 0 Å². The van der Waals surface area contributed by atoms with Crippen molar-refractivity contribution >= 4 is 33.8 Å². The lowest BCUT2D eigenvalue weighted by Gasteiger charge is -2.27. The van der Waals surface area contributed by atoms with Gasteiger partial charge in [0.25, 0.3) is 5.91 Å². The molecule has 0 aliphatic carbocycles. The molecule has 0 saturated carbocycles. The van der Waals surface area contributed by atoms with Crippen molar-refractivity contribution < 1.29 is 22.7 Å². The summed E-state index contributed by atoms with van der Waals surface area (Å²) in [5.74, 6) is 0.113. The smallest absolute Gasteiger partial charge is 0.378 e. The van der Waals surface area contributed by atoms with Gasteiger partial charge in [-0.3, -0.25) is 10.1 Å². The number of imidazole rings is 1. The number of thiazole rings is 1. The monoisotopic (exact) mass is 488 g/mol. The van der Waals surface area contributed by atoms with E-state index in [1.165, 1.54) is 34.2 Å². The first kappa shape index (κ1) is 22.3. The number of ether oxygens (including phenoxy) is 1. The van der Waals surface area contributed by atoms with E-state index < -0.39 is 17.6 Å². The van der Waals surface area contributed by atoms with Crippen LogP contribution in [0.4, 0.5) is 24.1 Å². The van der Waals surface area contributed by atoms with E-state index in [1.807, 2.05) is 11.8 Å². The predicted molar refractivity (Wildman–Crippen MR) is 121 cm³/mol. The zero-order chi connectivity index (χ0) is 23.9. The summed E-state index contributed by atoms with van der Waals surface area (Å²) in [6.07, 6.45) is -1.30. The van der Waals surface area contributed by atoms with Crippen LogP contribution in [0, 0.1) is 6.92 Å². The maximum absolute atomic E-state index is 13.2. The first-order chi connectivity index (χ1) is 16.3. The maximum Gasteiger partial charge on any atom is 0.416 e. The average Bonchev–Trinajstić information content (AvgIpc) is 3.44. The highest BCUT2D eigenvalue weighted by molar-refractivity contribution is 7.15. The number of hydrogen-bond donors (Lipinski definition) is 1. The van der Waals surface area contributed by atoms with Crippen molar-refractivity contribution in [3.05, 3.63) is 58.7 Å². The standard InChI is InChI=1S/C22H19F3N6O2S/c1-13-11-26-21(34-13)28-20(32)16-10-18(30-5-7-33-8-6-30)29-31-12-17(27-19(16)31)14-3-2-4-15(9-14)22(23,24)25/h2-4,9-12H,5-8H2,1H3,(H,26,28,32). The topological polar surface area (TPSA) is 84.7 Å². The van der Waals surface area contributed by atoms with Crippen molar-refractivity contribution in [1.82, 2.24) is 19.6 Å². The van der Waals surface area contributed by atoms with Crippen molar-refractivity contribution in [1.29, 1.82) is 0 Å². The molecular formula is C22H19F3N6O2S. The molecule has 0 spiro atoms. The van der Waals surface area contributed by atoms with E-state index in [2.05, 4.69) is 20.4 Å². The number of amides is 1. The Labute approximate surface area is 196 Å². The van der Waals surface area contributed by atoms with Gasteiger partial charge in [-0.1, -0.05) is 12.1 Å². The zero-order valence-corrected chi connectivity index (χ0v) is 18.8. The van der Waals surface area contributed by atoms with E-state index in [0.29, 0.717) is 37.3 Å². The molecule has 1 saturated heterocycles. The predicted octanol–water partition coefficient (Wildman–Crippen LogP) is 4.27. The van der Waals surface area contributed by atoms with Crippen molar-refractivity contribution in [3.63, 3.8) is 0 Å². The van der Waals surface area contributed by atoms with E-state index in [9.17, 15) is 18.0 Å². The van der Waals surface area contributed by atoms with E-state index in [1.54, 1.807) is 12.3 Å². The molecule has 12 heteroatoms. The molecule has 176 valence electrons. The van der Waals surface area contributed by atoms with Gasteiger partial charge in [-0.2, -0.15) is 13.2 Å². The summed E-state index contributed by atoms with van der Waals surface area (Å²) in [5.41, 5.74) is 0.242. The fourth-order valence-corrected chi connectivity index (χ4v) is 4.31. The quantitative estimate of drug-likeness (QED) is 0.462. The van der Waals surface area contributed by atoms with Gasteiger partial charge < -0.3 is 9.64 Å². The number of halogens is 3. The molecule has 34 heavy (non-hydrogen) atoms. The van der Waals surface area contributed by atoms with Crippen LogP contribution in [0.3, 0.4) is 0 Å². The van der Waals surface area contributed by atoms with Gasteiger partial charge in [0, 0.05) is 29.7 Å². The minimum atomic E-state index is -4.48. The van der Waals surface area contributed by atoms with Crippen molar-refractivity contribution in [3.8, 4) is 11.3 Å². The van der Waals surface area contributed by atoms with E-state index in [4.69, 9.17) is 4.74 Å². The fourth-order valence-electron chi connectivity index (χ4n) is 3.65. The summed E-state index contributed by atoms with van der Waals surface area (Å²) in [4.78, 5) is 24.8. The van der Waals surface area contributed by atoms with Gasteiger partial charge in [0.1, 0.15) is 0 Å². The first-order valence-electron chi connectivity index (χ1n) is 10.4. The fraction of sp³-hybridized carbons (Fsp3) is 0.273. The number of carbonyl (C=O) groups excluding carboxylic acids is 1. The van der Waals surface area contributed by atoms with Crippen LogP contribution in [0.1, 0.15) is 20.8 Å². The third-order valence-electron chi connectivity index (χ3n) is 5.32. The Balaban J connectivity index is 1.60. The Morgan fingerprint density at radius 2 is 2.00 bits per heavy atom. The highest BCUT2D eigenvalue weighted by Gasteiger charge is 2.31. The summed E-state index contributed by atoms with van der Waals surface area (Å²) in [5, 5.41) is 7.79. The number of morpholine rings is 1. The van der Waals surface area contributed by atoms with Gasteiger partial charge in [0.05, 0.1) is 36.2 Å². The van der Waals surface area contributed by atoms with Gasteiger partial charge in [-0.25, -0.2) is 14.5 Å². The minimum absolute atomic E-state index is 0.232. The second kappa shape index (κ2) is 8.69. The zero-order valence-electron chi connectivity index (χ0n) is 18.0. The molecular weight excluding hydrogens is 469 g/mol. The van der Waals surface area contributed by atoms with Crippen LogP contribution in [0.2, 0.25) is 0 Å². The lowest BCUT2D eigenvalue weighted by atomic mass is 10.1. The highest BCUT2D eigenvalue weighted by atomic mass is 32.1. The molecule has 3 aromatic heterocycles. The van der Waals surface area contributed by atoms with Crippen LogP contribution in [0.25, 0.3) is 16.9 Å². The summed E-state index contributed by atoms with van der Waals surface area (Å²) in [7, 11) is 0. The van der Waals surface area contributed by atoms with Crippen LogP contribution in [0.5, 0.6) is 0 Å². The SMILES string of the molecule is Cc1cnc(NC(=O)c2cc(N3CCOCC3)nn3cc(-c4cccc(C(F)(F)F)c4)nc23)s1. The molecule has 0 atom stereocenters. The summed E-state index contributed by atoms with van der Waals surface area (Å²) in [6.45, 7) is 4.13. The minimum Gasteiger partial charge on any atom is -0.378 e. The largest absolute Gasteiger partial charge is 0.416 e. The normalized spacial score (nSPS) is 14.5. The number of nitrogens with zero attached hydrogens (tertiary/aromatic N) is 5. The van der Waals surface area contributed by atoms with Gasteiger partial charge in [0.2, 0.25) is 0 Å². The lowest BCUT2D eigenvalue weighted by Crippen LogP contribution is -2.37. The van der Waals surface area contributed by atoms with Crippen LogP contribution < -0.4 is 10.2 Å². The number of rotatable bonds is 4. The first-order valence-corrected chi connectivity index (χ1v) is 11.2. The number of carbonyl (C=O) groups is 1. The Morgan fingerprint density at radius 3 is 2.71 bits per heavy atom. The van der Waals surface area contributed by atoms with Gasteiger partial charge in [-0.15, -0.1) is 16.4 Å². The molecule has 8 nitrogen and oxygen atoms in total. The van der Waals surface area contributed by atoms with Crippen molar-refractivity contribution in [2.45, 2.75) is 13.1 Å². The average molecular weight is 488 g/mol. The molecule has 1 N–H and O–H groups in total. The van der Waals surface area contributed by atoms with Crippen molar-refractivity contribution in [2.75, 3.05) is 36.5 Å². The Bertz CT molecular complexity index is 1360. The van der Waals surface area contributed by atoms with Crippen LogP contribution in [0.15, 0.2) is 42.7 Å². The Morgan fingerprint density at radius 1 is 1.21 bits per heavy atom. The second-order valence-electron chi connectivity index (χ2n) is 7.72. The number of aromatic nitrogens is 4. The summed E-state index contributed by atoms with van der Waals surface area (Å²) >= 11 is 1.33. The van der Waals surface area contributed by atoms with Crippen LogP contribution in [-0.4, -0.2) is 51.8 Å². The maximum atomic E-state index is 13.2.